The average Bonchev–Trinajstić information content (AvgIpc) is 2.79. The van der Waals surface area contributed by atoms with Crippen LogP contribution in [0.15, 0.2) is 47.4 Å². The number of amides is 1. The lowest BCUT2D eigenvalue weighted by molar-refractivity contribution is -0.138. The van der Waals surface area contributed by atoms with Crippen LogP contribution in [0.4, 0.5) is 0 Å². The third-order valence-corrected chi connectivity index (χ3v) is 9.14. The Morgan fingerprint density at radius 1 is 0.879 bits per heavy atom. The molecule has 2 saturated heterocycles. The van der Waals surface area contributed by atoms with E-state index in [-0.39, 0.29) is 11.8 Å². The highest BCUT2D eigenvalue weighted by Gasteiger charge is 2.35. The molecule has 0 aromatic heterocycles. The van der Waals surface area contributed by atoms with Gasteiger partial charge in [-0.15, -0.1) is 0 Å². The number of nitrogens with zero attached hydrogens (tertiary/aromatic N) is 3. The number of piperidine rings is 1. The second kappa shape index (κ2) is 9.95. The van der Waals surface area contributed by atoms with Crippen LogP contribution < -0.4 is 0 Å². The standard InChI is InChI=1S/C26H35N3O3S/c1-20-17-21(2)25(22(3)18-20)33(31,32)29-11-9-24(10-12-29)26(30)28-15-13-27(14-16-28)19-23-7-5-4-6-8-23/h4-8,17-18,24H,9-16,19H2,1-3H3. The molecule has 0 saturated carbocycles. The van der Waals surface area contributed by atoms with Crippen molar-refractivity contribution in [3.8, 4) is 0 Å². The van der Waals surface area contributed by atoms with E-state index in [9.17, 15) is 13.2 Å². The van der Waals surface area contributed by atoms with Gasteiger partial charge in [0, 0.05) is 51.7 Å². The van der Waals surface area contributed by atoms with Crippen molar-refractivity contribution in [3.05, 3.63) is 64.7 Å². The van der Waals surface area contributed by atoms with Gasteiger partial charge in [-0.3, -0.25) is 9.69 Å². The molecular formula is C26H35N3O3S. The van der Waals surface area contributed by atoms with Crippen LogP contribution in [-0.2, 0) is 21.4 Å². The number of rotatable bonds is 5. The highest BCUT2D eigenvalue weighted by atomic mass is 32.2. The molecule has 2 aromatic rings. The minimum Gasteiger partial charge on any atom is -0.340 e. The maximum Gasteiger partial charge on any atom is 0.243 e. The van der Waals surface area contributed by atoms with E-state index in [0.717, 1.165) is 49.4 Å². The Morgan fingerprint density at radius 3 is 2.03 bits per heavy atom. The number of hydrogen-bond donors (Lipinski definition) is 0. The van der Waals surface area contributed by atoms with E-state index >= 15 is 0 Å². The second-order valence-electron chi connectivity index (χ2n) is 9.49. The van der Waals surface area contributed by atoms with E-state index in [4.69, 9.17) is 0 Å². The van der Waals surface area contributed by atoms with Crippen LogP contribution in [0.1, 0.15) is 35.1 Å². The quantitative estimate of drug-likeness (QED) is 0.674. The van der Waals surface area contributed by atoms with Crippen LogP contribution in [0.25, 0.3) is 0 Å². The van der Waals surface area contributed by atoms with E-state index in [1.54, 1.807) is 4.31 Å². The smallest absolute Gasteiger partial charge is 0.243 e. The Bertz CT molecular complexity index is 1060. The zero-order valence-electron chi connectivity index (χ0n) is 20.0. The molecule has 0 spiro atoms. The van der Waals surface area contributed by atoms with Crippen LogP contribution in [0, 0.1) is 26.7 Å². The molecule has 2 aliphatic heterocycles. The Hall–Kier alpha value is -2.22. The molecule has 6 nitrogen and oxygen atoms in total. The first-order chi connectivity index (χ1) is 15.8. The van der Waals surface area contributed by atoms with Crippen LogP contribution in [0.3, 0.4) is 0 Å². The molecule has 2 heterocycles. The number of benzene rings is 2. The fraction of sp³-hybridized carbons (Fsp3) is 0.500. The van der Waals surface area contributed by atoms with Gasteiger partial charge in [-0.2, -0.15) is 4.31 Å². The Labute approximate surface area is 198 Å². The minimum atomic E-state index is -3.55. The molecule has 2 aliphatic rings. The zero-order chi connectivity index (χ0) is 23.6. The molecule has 4 rings (SSSR count). The zero-order valence-corrected chi connectivity index (χ0v) is 20.8. The Balaban J connectivity index is 1.31. The molecule has 2 aromatic carbocycles. The second-order valence-corrected chi connectivity index (χ2v) is 11.4. The molecule has 0 atom stereocenters. The highest BCUT2D eigenvalue weighted by molar-refractivity contribution is 7.89. The van der Waals surface area contributed by atoms with Gasteiger partial charge < -0.3 is 4.90 Å². The number of carbonyl (C=O) groups is 1. The van der Waals surface area contributed by atoms with Crippen molar-refractivity contribution in [3.63, 3.8) is 0 Å². The lowest BCUT2D eigenvalue weighted by Gasteiger charge is -2.38. The molecule has 7 heteroatoms. The Morgan fingerprint density at radius 2 is 1.45 bits per heavy atom. The van der Waals surface area contributed by atoms with E-state index in [0.29, 0.717) is 30.8 Å². The predicted molar refractivity (Wildman–Crippen MR) is 130 cm³/mol. The van der Waals surface area contributed by atoms with Crippen LogP contribution >= 0.6 is 0 Å². The molecule has 0 radical (unpaired) electrons. The summed E-state index contributed by atoms with van der Waals surface area (Å²) in [4.78, 5) is 17.9. The first-order valence-corrected chi connectivity index (χ1v) is 13.3. The fourth-order valence-corrected chi connectivity index (χ4v) is 7.15. The third-order valence-electron chi connectivity index (χ3n) is 6.94. The lowest BCUT2D eigenvalue weighted by Crippen LogP contribution is -2.51. The summed E-state index contributed by atoms with van der Waals surface area (Å²) in [5.74, 6) is 0.103. The van der Waals surface area contributed by atoms with Gasteiger partial charge in [0.1, 0.15) is 0 Å². The molecule has 2 fully saturated rings. The van der Waals surface area contributed by atoms with Crippen LogP contribution in [0.5, 0.6) is 0 Å². The summed E-state index contributed by atoms with van der Waals surface area (Å²) >= 11 is 0. The van der Waals surface area contributed by atoms with Crippen molar-refractivity contribution in [1.82, 2.24) is 14.1 Å². The summed E-state index contributed by atoms with van der Waals surface area (Å²) in [5.41, 5.74) is 3.94. The summed E-state index contributed by atoms with van der Waals surface area (Å²) in [6, 6.07) is 14.3. The first kappa shape index (κ1) is 23.9. The normalized spacial score (nSPS) is 19.1. The van der Waals surface area contributed by atoms with E-state index in [1.165, 1.54) is 5.56 Å². The van der Waals surface area contributed by atoms with Gasteiger partial charge in [-0.1, -0.05) is 48.0 Å². The largest absolute Gasteiger partial charge is 0.340 e. The van der Waals surface area contributed by atoms with Crippen molar-refractivity contribution in [2.45, 2.75) is 45.1 Å². The van der Waals surface area contributed by atoms with E-state index in [2.05, 4.69) is 29.2 Å². The number of hydrogen-bond acceptors (Lipinski definition) is 4. The molecule has 178 valence electrons. The summed E-state index contributed by atoms with van der Waals surface area (Å²) in [6.07, 6.45) is 1.18. The van der Waals surface area contributed by atoms with E-state index in [1.807, 2.05) is 43.9 Å². The monoisotopic (exact) mass is 469 g/mol. The molecule has 0 aliphatic carbocycles. The first-order valence-electron chi connectivity index (χ1n) is 11.9. The average molecular weight is 470 g/mol. The van der Waals surface area contributed by atoms with Crippen molar-refractivity contribution < 1.29 is 13.2 Å². The maximum absolute atomic E-state index is 13.3. The number of aryl methyl sites for hydroxylation is 3. The van der Waals surface area contributed by atoms with Crippen LogP contribution in [-0.4, -0.2) is 67.7 Å². The lowest BCUT2D eigenvalue weighted by atomic mass is 9.96. The molecule has 1 amide bonds. The number of piperazine rings is 1. The van der Waals surface area contributed by atoms with Gasteiger partial charge in [0.05, 0.1) is 4.90 Å². The van der Waals surface area contributed by atoms with Gasteiger partial charge in [0.25, 0.3) is 0 Å². The summed E-state index contributed by atoms with van der Waals surface area (Å²) < 4.78 is 28.2. The van der Waals surface area contributed by atoms with Gasteiger partial charge in [-0.05, 0) is 50.3 Å². The molecule has 0 unspecified atom stereocenters. The predicted octanol–water partition coefficient (Wildman–Crippen LogP) is 3.36. The fourth-order valence-electron chi connectivity index (χ4n) is 5.27. The van der Waals surface area contributed by atoms with Gasteiger partial charge >= 0.3 is 0 Å². The van der Waals surface area contributed by atoms with E-state index < -0.39 is 10.0 Å². The maximum atomic E-state index is 13.3. The molecule has 33 heavy (non-hydrogen) atoms. The number of carbonyl (C=O) groups excluding carboxylic acids is 1. The topological polar surface area (TPSA) is 60.9 Å². The van der Waals surface area contributed by atoms with Gasteiger partial charge in [0.15, 0.2) is 0 Å². The highest BCUT2D eigenvalue weighted by Crippen LogP contribution is 2.29. The van der Waals surface area contributed by atoms with Gasteiger partial charge in [0.2, 0.25) is 15.9 Å². The summed E-state index contributed by atoms with van der Waals surface area (Å²) in [5, 5.41) is 0. The SMILES string of the molecule is Cc1cc(C)c(S(=O)(=O)N2CCC(C(=O)N3CCN(Cc4ccccc4)CC3)CC2)c(C)c1. The molecule has 0 N–H and O–H groups in total. The molecule has 0 bridgehead atoms. The summed E-state index contributed by atoms with van der Waals surface area (Å²) in [6.45, 7) is 10.7. The van der Waals surface area contributed by atoms with Crippen molar-refractivity contribution in [2.24, 2.45) is 5.92 Å². The Kier molecular flexibility index (Phi) is 7.22. The van der Waals surface area contributed by atoms with Crippen molar-refractivity contribution in [2.75, 3.05) is 39.3 Å². The summed E-state index contributed by atoms with van der Waals surface area (Å²) in [7, 11) is -3.55. The van der Waals surface area contributed by atoms with Crippen molar-refractivity contribution in [1.29, 1.82) is 0 Å². The van der Waals surface area contributed by atoms with Crippen LogP contribution in [0.2, 0.25) is 0 Å². The number of sulfonamides is 1. The minimum absolute atomic E-state index is 0.0858. The van der Waals surface area contributed by atoms with Gasteiger partial charge in [-0.25, -0.2) is 8.42 Å². The molecular weight excluding hydrogens is 434 g/mol. The van der Waals surface area contributed by atoms with Crippen molar-refractivity contribution >= 4 is 15.9 Å². The third kappa shape index (κ3) is 5.31.